The monoisotopic (exact) mass is 240 g/mol. The minimum Gasteiger partial charge on any atom is -0.478 e. The number of ether oxygens (including phenoxy) is 1. The van der Waals surface area contributed by atoms with Crippen molar-refractivity contribution in [1.29, 1.82) is 0 Å². The Morgan fingerprint density at radius 1 is 1.47 bits per heavy atom. The van der Waals surface area contributed by atoms with Gasteiger partial charge < -0.3 is 9.84 Å². The Morgan fingerprint density at radius 3 is 2.53 bits per heavy atom. The number of rotatable bonds is 3. The first kappa shape index (κ1) is 11.6. The molecule has 0 unspecified atom stereocenters. The minimum atomic E-state index is -3.31. The fourth-order valence-corrected chi connectivity index (χ4v) is 1.13. The molecule has 1 aromatic rings. The first-order valence-electron chi connectivity index (χ1n) is 3.59. The van der Waals surface area contributed by atoms with Crippen LogP contribution in [0.3, 0.4) is 0 Å². The van der Waals surface area contributed by atoms with Crippen molar-refractivity contribution < 1.29 is 27.8 Å². The second-order valence-corrected chi connectivity index (χ2v) is 2.88. The quantitative estimate of drug-likeness (QED) is 0.884. The molecule has 82 valence electrons. The molecule has 7 heteroatoms. The lowest BCUT2D eigenvalue weighted by molar-refractivity contribution is -0.0527. The standard InChI is InChI=1S/C8H4ClF3O3/c9-3-1-4(7(13)14)6(5(10)2-3)15-8(11)12/h1-2,8H,(H,13,14). The number of aromatic carboxylic acids is 1. The van der Waals surface area contributed by atoms with Gasteiger partial charge in [-0.15, -0.1) is 0 Å². The van der Waals surface area contributed by atoms with E-state index < -0.39 is 29.7 Å². The zero-order valence-corrected chi connectivity index (χ0v) is 7.76. The molecule has 0 amide bonds. The third-order valence-electron chi connectivity index (χ3n) is 1.45. The molecule has 0 bridgehead atoms. The van der Waals surface area contributed by atoms with E-state index in [1.54, 1.807) is 0 Å². The Bertz CT molecular complexity index is 395. The molecule has 0 atom stereocenters. The molecular formula is C8H4ClF3O3. The van der Waals surface area contributed by atoms with Crippen LogP contribution < -0.4 is 4.74 Å². The molecular weight excluding hydrogens is 237 g/mol. The highest BCUT2D eigenvalue weighted by molar-refractivity contribution is 6.31. The Labute approximate surface area is 87.0 Å². The predicted molar refractivity (Wildman–Crippen MR) is 45.0 cm³/mol. The summed E-state index contributed by atoms with van der Waals surface area (Å²) in [4.78, 5) is 10.6. The van der Waals surface area contributed by atoms with Crippen molar-refractivity contribution in [3.63, 3.8) is 0 Å². The van der Waals surface area contributed by atoms with Crippen LogP contribution in [0.1, 0.15) is 10.4 Å². The molecule has 15 heavy (non-hydrogen) atoms. The molecule has 0 aliphatic rings. The van der Waals surface area contributed by atoms with Crippen LogP contribution in [0.5, 0.6) is 5.75 Å². The van der Waals surface area contributed by atoms with Crippen molar-refractivity contribution in [2.75, 3.05) is 0 Å². The van der Waals surface area contributed by atoms with Gasteiger partial charge in [-0.25, -0.2) is 9.18 Å². The summed E-state index contributed by atoms with van der Waals surface area (Å²) in [6, 6.07) is 1.51. The van der Waals surface area contributed by atoms with E-state index in [9.17, 15) is 18.0 Å². The van der Waals surface area contributed by atoms with Crippen LogP contribution >= 0.6 is 11.6 Å². The van der Waals surface area contributed by atoms with Crippen LogP contribution in [0.2, 0.25) is 5.02 Å². The van der Waals surface area contributed by atoms with E-state index in [-0.39, 0.29) is 5.02 Å². The predicted octanol–water partition coefficient (Wildman–Crippen LogP) is 2.78. The lowest BCUT2D eigenvalue weighted by Crippen LogP contribution is -2.09. The third-order valence-corrected chi connectivity index (χ3v) is 1.66. The Kier molecular flexibility index (Phi) is 3.41. The average molecular weight is 241 g/mol. The van der Waals surface area contributed by atoms with Crippen molar-refractivity contribution >= 4 is 17.6 Å². The average Bonchev–Trinajstić information content (AvgIpc) is 2.08. The van der Waals surface area contributed by atoms with E-state index >= 15 is 0 Å². The summed E-state index contributed by atoms with van der Waals surface area (Å²) in [6.07, 6.45) is 0. The summed E-state index contributed by atoms with van der Waals surface area (Å²) < 4.78 is 40.4. The Morgan fingerprint density at radius 2 is 2.07 bits per heavy atom. The van der Waals surface area contributed by atoms with Crippen LogP contribution in [0.4, 0.5) is 13.2 Å². The number of carbonyl (C=O) groups is 1. The van der Waals surface area contributed by atoms with Crippen LogP contribution in [0.15, 0.2) is 12.1 Å². The number of alkyl halides is 2. The van der Waals surface area contributed by atoms with Gasteiger partial charge in [0, 0.05) is 5.02 Å². The molecule has 0 fully saturated rings. The summed E-state index contributed by atoms with van der Waals surface area (Å²) in [5, 5.41) is 8.36. The van der Waals surface area contributed by atoms with Gasteiger partial charge in [0.1, 0.15) is 5.56 Å². The molecule has 0 heterocycles. The second kappa shape index (κ2) is 4.39. The second-order valence-electron chi connectivity index (χ2n) is 2.45. The first-order chi connectivity index (χ1) is 6.91. The van der Waals surface area contributed by atoms with Gasteiger partial charge in [-0.2, -0.15) is 8.78 Å². The van der Waals surface area contributed by atoms with Gasteiger partial charge in [0.15, 0.2) is 11.6 Å². The molecule has 0 spiro atoms. The highest BCUT2D eigenvalue weighted by Gasteiger charge is 2.20. The van der Waals surface area contributed by atoms with E-state index in [2.05, 4.69) is 4.74 Å². The van der Waals surface area contributed by atoms with Crippen molar-refractivity contribution in [1.82, 2.24) is 0 Å². The molecule has 0 saturated heterocycles. The van der Waals surface area contributed by atoms with E-state index in [0.717, 1.165) is 6.07 Å². The van der Waals surface area contributed by atoms with E-state index in [1.807, 2.05) is 0 Å². The fourth-order valence-electron chi connectivity index (χ4n) is 0.928. The summed E-state index contributed by atoms with van der Waals surface area (Å²) >= 11 is 5.36. The molecule has 0 saturated carbocycles. The highest BCUT2D eigenvalue weighted by atomic mass is 35.5. The number of hydrogen-bond donors (Lipinski definition) is 1. The number of benzene rings is 1. The summed E-state index contributed by atoms with van der Waals surface area (Å²) in [6.45, 7) is -3.31. The lowest BCUT2D eigenvalue weighted by Gasteiger charge is -2.09. The molecule has 1 aromatic carbocycles. The molecule has 3 nitrogen and oxygen atoms in total. The maximum absolute atomic E-state index is 13.0. The molecule has 1 rings (SSSR count). The SMILES string of the molecule is O=C(O)c1cc(Cl)cc(F)c1OC(F)F. The number of hydrogen-bond acceptors (Lipinski definition) is 2. The number of carboxylic acid groups (broad SMARTS) is 1. The van der Waals surface area contributed by atoms with Crippen LogP contribution in [0.25, 0.3) is 0 Å². The smallest absolute Gasteiger partial charge is 0.387 e. The minimum absolute atomic E-state index is 0.216. The largest absolute Gasteiger partial charge is 0.478 e. The topological polar surface area (TPSA) is 46.5 Å². The van der Waals surface area contributed by atoms with Crippen molar-refractivity contribution in [3.05, 3.63) is 28.5 Å². The highest BCUT2D eigenvalue weighted by Crippen LogP contribution is 2.28. The van der Waals surface area contributed by atoms with E-state index in [4.69, 9.17) is 16.7 Å². The van der Waals surface area contributed by atoms with Gasteiger partial charge in [-0.3, -0.25) is 0 Å². The van der Waals surface area contributed by atoms with Crippen LogP contribution in [0, 0.1) is 5.82 Å². The fraction of sp³-hybridized carbons (Fsp3) is 0.125. The maximum atomic E-state index is 13.0. The molecule has 0 aliphatic heterocycles. The van der Waals surface area contributed by atoms with Crippen molar-refractivity contribution in [3.8, 4) is 5.75 Å². The number of carboxylic acids is 1. The van der Waals surface area contributed by atoms with Gasteiger partial charge >= 0.3 is 12.6 Å². The maximum Gasteiger partial charge on any atom is 0.387 e. The Hall–Kier alpha value is -1.43. The van der Waals surface area contributed by atoms with Gasteiger partial charge in [-0.1, -0.05) is 11.6 Å². The van der Waals surface area contributed by atoms with Gasteiger partial charge in [0.2, 0.25) is 0 Å². The molecule has 1 N–H and O–H groups in total. The van der Waals surface area contributed by atoms with Crippen LogP contribution in [-0.4, -0.2) is 17.7 Å². The normalized spacial score (nSPS) is 10.5. The summed E-state index contributed by atoms with van der Waals surface area (Å²) in [5.41, 5.74) is -0.750. The molecule has 0 aromatic heterocycles. The van der Waals surface area contributed by atoms with E-state index in [1.165, 1.54) is 0 Å². The van der Waals surface area contributed by atoms with Crippen molar-refractivity contribution in [2.24, 2.45) is 0 Å². The number of halogens is 4. The Balaban J connectivity index is 3.27. The van der Waals surface area contributed by atoms with Gasteiger partial charge in [0.25, 0.3) is 0 Å². The zero-order chi connectivity index (χ0) is 11.6. The summed E-state index contributed by atoms with van der Waals surface area (Å²) in [5.74, 6) is -3.88. The van der Waals surface area contributed by atoms with Gasteiger partial charge in [0.05, 0.1) is 0 Å². The lowest BCUT2D eigenvalue weighted by atomic mass is 10.2. The zero-order valence-electron chi connectivity index (χ0n) is 7.01. The van der Waals surface area contributed by atoms with E-state index in [0.29, 0.717) is 6.07 Å². The molecule has 0 radical (unpaired) electrons. The molecule has 0 aliphatic carbocycles. The van der Waals surface area contributed by atoms with Crippen LogP contribution in [-0.2, 0) is 0 Å². The first-order valence-corrected chi connectivity index (χ1v) is 3.96. The van der Waals surface area contributed by atoms with Crippen molar-refractivity contribution in [2.45, 2.75) is 6.61 Å². The van der Waals surface area contributed by atoms with Gasteiger partial charge in [-0.05, 0) is 12.1 Å². The summed E-state index contributed by atoms with van der Waals surface area (Å²) in [7, 11) is 0. The third kappa shape index (κ3) is 2.76.